The largest absolute Gasteiger partial charge is 0.485 e. The predicted molar refractivity (Wildman–Crippen MR) is 128 cm³/mol. The third-order valence-corrected chi connectivity index (χ3v) is 7.57. The molecule has 7 heteroatoms. The lowest BCUT2D eigenvalue weighted by Gasteiger charge is -2.54. The van der Waals surface area contributed by atoms with Crippen molar-refractivity contribution in [2.45, 2.75) is 63.9 Å². The van der Waals surface area contributed by atoms with Gasteiger partial charge in [0.2, 0.25) is 0 Å². The van der Waals surface area contributed by atoms with Gasteiger partial charge in [0.15, 0.2) is 5.78 Å². The van der Waals surface area contributed by atoms with Crippen LogP contribution in [0.2, 0.25) is 0 Å². The summed E-state index contributed by atoms with van der Waals surface area (Å²) in [5, 5.41) is 18.8. The van der Waals surface area contributed by atoms with Crippen LogP contribution in [0, 0.1) is 34.0 Å². The number of carbonyl (C=O) groups excluding carboxylic acids is 2. The second-order valence-corrected chi connectivity index (χ2v) is 9.30. The van der Waals surface area contributed by atoms with Crippen LogP contribution in [0.1, 0.15) is 68.6 Å². The molecule has 0 bridgehead atoms. The van der Waals surface area contributed by atoms with Crippen molar-refractivity contribution < 1.29 is 19.1 Å². The van der Waals surface area contributed by atoms with Crippen molar-refractivity contribution in [3.05, 3.63) is 48.3 Å². The first-order valence-corrected chi connectivity index (χ1v) is 12.2. The molecule has 1 fully saturated rings. The fourth-order valence-electron chi connectivity index (χ4n) is 5.79. The summed E-state index contributed by atoms with van der Waals surface area (Å²) in [5.74, 6) is -0.0255. The Morgan fingerprint density at radius 2 is 1.86 bits per heavy atom. The molecule has 2 heterocycles. The molecule has 0 saturated heterocycles. The number of esters is 1. The summed E-state index contributed by atoms with van der Waals surface area (Å²) in [6.07, 6.45) is 6.50. The van der Waals surface area contributed by atoms with Crippen LogP contribution in [0.15, 0.2) is 42.7 Å². The van der Waals surface area contributed by atoms with E-state index in [0.717, 1.165) is 11.1 Å². The summed E-state index contributed by atoms with van der Waals surface area (Å²) in [6.45, 7) is 2.12. The molecule has 2 aromatic rings. The third-order valence-electron chi connectivity index (χ3n) is 7.57. The fourth-order valence-corrected chi connectivity index (χ4v) is 5.79. The van der Waals surface area contributed by atoms with Gasteiger partial charge in [0.25, 0.3) is 0 Å². The molecule has 35 heavy (non-hydrogen) atoms. The molecule has 1 aliphatic carbocycles. The normalized spacial score (nSPS) is 22.4. The van der Waals surface area contributed by atoms with Crippen LogP contribution < -0.4 is 4.74 Å². The second-order valence-electron chi connectivity index (χ2n) is 9.30. The van der Waals surface area contributed by atoms with E-state index in [2.05, 4.69) is 17.1 Å². The lowest BCUT2D eigenvalue weighted by molar-refractivity contribution is -0.153. The van der Waals surface area contributed by atoms with Crippen LogP contribution in [-0.2, 0) is 9.53 Å². The number of nitrogens with zero attached hydrogens (tertiary/aromatic N) is 3. The van der Waals surface area contributed by atoms with Crippen molar-refractivity contribution in [1.29, 1.82) is 10.5 Å². The lowest BCUT2D eigenvalue weighted by Crippen LogP contribution is -2.61. The van der Waals surface area contributed by atoms with Gasteiger partial charge in [-0.1, -0.05) is 12.1 Å². The summed E-state index contributed by atoms with van der Waals surface area (Å²) in [4.78, 5) is 30.8. The van der Waals surface area contributed by atoms with E-state index in [0.29, 0.717) is 56.4 Å². The van der Waals surface area contributed by atoms with Gasteiger partial charge in [0.1, 0.15) is 11.4 Å². The van der Waals surface area contributed by atoms with E-state index >= 15 is 0 Å². The van der Waals surface area contributed by atoms with Crippen molar-refractivity contribution in [3.8, 4) is 29.0 Å². The third kappa shape index (κ3) is 4.39. The van der Waals surface area contributed by atoms with Crippen molar-refractivity contribution in [1.82, 2.24) is 4.98 Å². The minimum atomic E-state index is -0.999. The number of nitriles is 2. The van der Waals surface area contributed by atoms with Crippen molar-refractivity contribution in [2.75, 3.05) is 6.61 Å². The number of hydrogen-bond acceptors (Lipinski definition) is 7. The monoisotopic (exact) mass is 471 g/mol. The maximum absolute atomic E-state index is 14.2. The highest BCUT2D eigenvalue weighted by atomic mass is 16.5. The summed E-state index contributed by atoms with van der Waals surface area (Å²) in [6, 6.07) is 13.7. The van der Waals surface area contributed by atoms with Crippen molar-refractivity contribution in [2.24, 2.45) is 11.3 Å². The Morgan fingerprint density at radius 3 is 2.46 bits per heavy atom. The first-order chi connectivity index (χ1) is 17.0. The molecular formula is C28H29N3O4. The standard InChI is InChI=1S/C28H29N3O4/c1-2-34-26(33)20-9-13-28(14-10-20)27(11-4-15-29,12-5-16-30)25(32)23-8-7-21(18-24(23)35-28)22-6-3-17-31-19-22/h3,6-8,17-20H,2,4-5,9-14H2,1H3. The van der Waals surface area contributed by atoms with Crippen molar-refractivity contribution in [3.63, 3.8) is 0 Å². The molecule has 1 spiro atoms. The van der Waals surface area contributed by atoms with Crippen LogP contribution in [-0.4, -0.2) is 28.9 Å². The zero-order valence-corrected chi connectivity index (χ0v) is 20.0. The highest BCUT2D eigenvalue weighted by Gasteiger charge is 2.61. The molecule has 1 saturated carbocycles. The zero-order chi connectivity index (χ0) is 24.9. The minimum Gasteiger partial charge on any atom is -0.485 e. The number of rotatable bonds is 7. The molecule has 2 aliphatic rings. The number of aromatic nitrogens is 1. The van der Waals surface area contributed by atoms with E-state index in [4.69, 9.17) is 9.47 Å². The van der Waals surface area contributed by atoms with Gasteiger partial charge < -0.3 is 9.47 Å². The van der Waals surface area contributed by atoms with Gasteiger partial charge in [-0.15, -0.1) is 0 Å². The molecule has 7 nitrogen and oxygen atoms in total. The number of Topliss-reactive ketones (excluding diaryl/α,β-unsaturated/α-hetero) is 1. The Bertz CT molecular complexity index is 1150. The van der Waals surface area contributed by atoms with Crippen LogP contribution in [0.5, 0.6) is 5.75 Å². The summed E-state index contributed by atoms with van der Waals surface area (Å²) in [7, 11) is 0. The first-order valence-electron chi connectivity index (χ1n) is 12.2. The first kappa shape index (κ1) is 24.4. The van der Waals surface area contributed by atoms with Gasteiger partial charge in [-0.3, -0.25) is 14.6 Å². The van der Waals surface area contributed by atoms with E-state index in [1.165, 1.54) is 0 Å². The number of ketones is 1. The molecule has 1 aromatic heterocycles. The van der Waals surface area contributed by atoms with Gasteiger partial charge >= 0.3 is 5.97 Å². The molecule has 0 unspecified atom stereocenters. The van der Waals surface area contributed by atoms with Crippen molar-refractivity contribution >= 4 is 11.8 Å². The van der Waals surface area contributed by atoms with Crippen LogP contribution in [0.4, 0.5) is 0 Å². The molecule has 4 rings (SSSR count). The maximum Gasteiger partial charge on any atom is 0.308 e. The Hall–Kier alpha value is -3.71. The van der Waals surface area contributed by atoms with Gasteiger partial charge in [0, 0.05) is 30.8 Å². The lowest BCUT2D eigenvalue weighted by atomic mass is 9.55. The average Bonchev–Trinajstić information content (AvgIpc) is 2.89. The number of benzene rings is 1. The second kappa shape index (κ2) is 10.3. The number of ether oxygens (including phenoxy) is 2. The topological polar surface area (TPSA) is 113 Å². The molecule has 0 radical (unpaired) electrons. The Balaban J connectivity index is 1.78. The van der Waals surface area contributed by atoms with Gasteiger partial charge in [-0.2, -0.15) is 10.5 Å². The van der Waals surface area contributed by atoms with Gasteiger partial charge in [0.05, 0.1) is 35.6 Å². The molecule has 1 aliphatic heterocycles. The fraction of sp³-hybridized carbons (Fsp3) is 0.464. The van der Waals surface area contributed by atoms with E-state index in [1.807, 2.05) is 24.3 Å². The number of carbonyl (C=O) groups is 2. The van der Waals surface area contributed by atoms with E-state index in [-0.39, 0.29) is 30.5 Å². The van der Waals surface area contributed by atoms with Gasteiger partial charge in [-0.05, 0) is 69.2 Å². The number of fused-ring (bicyclic) bond motifs is 1. The Kier molecular flexibility index (Phi) is 7.17. The molecule has 0 atom stereocenters. The SMILES string of the molecule is CCOC(=O)C1CCC2(CC1)Oc1cc(-c3cccnc3)ccc1C(=O)C2(CCC#N)CCC#N. The van der Waals surface area contributed by atoms with Crippen LogP contribution >= 0.6 is 0 Å². The quantitative estimate of drug-likeness (QED) is 0.496. The maximum atomic E-state index is 14.2. The minimum absolute atomic E-state index is 0.0726. The smallest absolute Gasteiger partial charge is 0.308 e. The Morgan fingerprint density at radius 1 is 1.14 bits per heavy atom. The van der Waals surface area contributed by atoms with Crippen LogP contribution in [0.25, 0.3) is 11.1 Å². The number of hydrogen-bond donors (Lipinski definition) is 0. The molecule has 0 amide bonds. The van der Waals surface area contributed by atoms with E-state index < -0.39 is 11.0 Å². The zero-order valence-electron chi connectivity index (χ0n) is 20.0. The van der Waals surface area contributed by atoms with E-state index in [1.54, 1.807) is 25.4 Å². The summed E-state index contributed by atoms with van der Waals surface area (Å²) < 4.78 is 12.0. The van der Waals surface area contributed by atoms with Crippen LogP contribution in [0.3, 0.4) is 0 Å². The highest BCUT2D eigenvalue weighted by Crippen LogP contribution is 2.57. The summed E-state index contributed by atoms with van der Waals surface area (Å²) >= 11 is 0. The summed E-state index contributed by atoms with van der Waals surface area (Å²) in [5.41, 5.74) is 0.396. The molecular weight excluding hydrogens is 442 g/mol. The highest BCUT2D eigenvalue weighted by molar-refractivity contribution is 6.05. The predicted octanol–water partition coefficient (Wildman–Crippen LogP) is 5.41. The molecule has 1 aromatic carbocycles. The molecule has 0 N–H and O–H groups in total. The van der Waals surface area contributed by atoms with Gasteiger partial charge in [-0.25, -0.2) is 0 Å². The number of pyridine rings is 1. The Labute approximate surface area is 205 Å². The molecule has 180 valence electrons. The van der Waals surface area contributed by atoms with E-state index in [9.17, 15) is 20.1 Å². The average molecular weight is 472 g/mol.